The van der Waals surface area contributed by atoms with Gasteiger partial charge in [0.05, 0.1) is 0 Å². The Bertz CT molecular complexity index is 454. The van der Waals surface area contributed by atoms with E-state index >= 15 is 0 Å². The molecule has 0 spiro atoms. The molecule has 41 heavy (non-hydrogen) atoms. The van der Waals surface area contributed by atoms with Gasteiger partial charge in [0.25, 0.3) is 0 Å². The third-order valence-corrected chi connectivity index (χ3v) is 7.97. The SMILES string of the molecule is CCCCCCCCCCCCCCCCCC(=O)[O-].CCCCCCCCCCCCCCCCCC(=O)[O-].[Cu]. The van der Waals surface area contributed by atoms with Crippen molar-refractivity contribution in [3.63, 3.8) is 0 Å². The monoisotopic (exact) mass is 629 g/mol. The summed E-state index contributed by atoms with van der Waals surface area (Å²) in [7, 11) is 0. The minimum absolute atomic E-state index is 0. The summed E-state index contributed by atoms with van der Waals surface area (Å²) in [4.78, 5) is 20.4. The minimum atomic E-state index is -0.903. The molecule has 5 heteroatoms. The number of aliphatic carboxylic acids is 2. The molecule has 0 unspecified atom stereocenters. The summed E-state index contributed by atoms with van der Waals surface area (Å²) in [6, 6.07) is 0. The minimum Gasteiger partial charge on any atom is -0.550 e. The van der Waals surface area contributed by atoms with E-state index in [2.05, 4.69) is 13.8 Å². The van der Waals surface area contributed by atoms with E-state index in [0.29, 0.717) is 0 Å². The number of rotatable bonds is 32. The van der Waals surface area contributed by atoms with Gasteiger partial charge in [-0.15, -0.1) is 0 Å². The van der Waals surface area contributed by atoms with Crippen LogP contribution in [-0.4, -0.2) is 11.9 Å². The third kappa shape index (κ3) is 49.5. The van der Waals surface area contributed by atoms with Gasteiger partial charge < -0.3 is 19.8 Å². The first-order valence-corrected chi connectivity index (χ1v) is 17.9. The van der Waals surface area contributed by atoms with Gasteiger partial charge in [0, 0.05) is 29.0 Å². The summed E-state index contributed by atoms with van der Waals surface area (Å²) < 4.78 is 0. The first-order chi connectivity index (χ1) is 19.5. The van der Waals surface area contributed by atoms with E-state index in [1.54, 1.807) is 0 Å². The van der Waals surface area contributed by atoms with Gasteiger partial charge in [-0.3, -0.25) is 0 Å². The topological polar surface area (TPSA) is 80.3 Å². The summed E-state index contributed by atoms with van der Waals surface area (Å²) in [6.45, 7) is 4.53. The van der Waals surface area contributed by atoms with Crippen molar-refractivity contribution < 1.29 is 36.9 Å². The Morgan fingerprint density at radius 3 is 0.610 bits per heavy atom. The maximum absolute atomic E-state index is 10.2. The Morgan fingerprint density at radius 1 is 0.317 bits per heavy atom. The standard InChI is InChI=1S/2C18H36O2.Cu/c2*1-2-3-4-5-6-7-8-9-10-11-12-13-14-15-16-17-18(19)20;/h2*2-17H2,1H3,(H,19,20);/p-2. The fourth-order valence-electron chi connectivity index (χ4n) is 5.28. The van der Waals surface area contributed by atoms with Crippen LogP contribution < -0.4 is 10.2 Å². The number of carbonyl (C=O) groups is 2. The molecule has 0 rings (SSSR count). The van der Waals surface area contributed by atoms with Gasteiger partial charge in [0.1, 0.15) is 0 Å². The molecular formula is C36H70CuO4-2. The third-order valence-electron chi connectivity index (χ3n) is 7.97. The number of hydrogen-bond acceptors (Lipinski definition) is 4. The van der Waals surface area contributed by atoms with Gasteiger partial charge >= 0.3 is 0 Å². The van der Waals surface area contributed by atoms with Crippen LogP contribution in [0.2, 0.25) is 0 Å². The van der Waals surface area contributed by atoms with Crippen LogP contribution in [0.5, 0.6) is 0 Å². The molecule has 0 aliphatic heterocycles. The van der Waals surface area contributed by atoms with E-state index in [0.717, 1.165) is 25.7 Å². The second-order valence-electron chi connectivity index (χ2n) is 12.1. The quantitative estimate of drug-likeness (QED) is 0.0547. The molecule has 0 heterocycles. The van der Waals surface area contributed by atoms with Gasteiger partial charge in [0.2, 0.25) is 0 Å². The molecular weight excluding hydrogens is 560 g/mol. The molecule has 0 aliphatic rings. The Morgan fingerprint density at radius 2 is 0.463 bits per heavy atom. The van der Waals surface area contributed by atoms with Crippen LogP contribution in [0, 0.1) is 0 Å². The Balaban J connectivity index is -0.000000688. The van der Waals surface area contributed by atoms with Crippen LogP contribution in [0.25, 0.3) is 0 Å². The molecule has 0 aliphatic carbocycles. The van der Waals surface area contributed by atoms with Crippen LogP contribution in [0.1, 0.15) is 219 Å². The van der Waals surface area contributed by atoms with Crippen molar-refractivity contribution in [2.75, 3.05) is 0 Å². The summed E-state index contributed by atoms with van der Waals surface area (Å²) in [5, 5.41) is 20.4. The fourth-order valence-corrected chi connectivity index (χ4v) is 5.28. The summed E-state index contributed by atoms with van der Waals surface area (Å²) >= 11 is 0. The number of carboxylic acids is 2. The average molecular weight is 630 g/mol. The largest absolute Gasteiger partial charge is 0.550 e. The van der Waals surface area contributed by atoms with Gasteiger partial charge in [0.15, 0.2) is 0 Å². The van der Waals surface area contributed by atoms with E-state index in [4.69, 9.17) is 0 Å². The second kappa shape index (κ2) is 41.6. The zero-order valence-electron chi connectivity index (χ0n) is 27.6. The van der Waals surface area contributed by atoms with E-state index in [1.165, 1.54) is 167 Å². The smallest absolute Gasteiger partial charge is 0.0414 e. The maximum atomic E-state index is 10.2. The number of carboxylic acid groups (broad SMARTS) is 2. The number of unbranched alkanes of at least 4 members (excludes halogenated alkanes) is 28. The van der Waals surface area contributed by atoms with Crippen LogP contribution in [0.4, 0.5) is 0 Å². The van der Waals surface area contributed by atoms with Crippen molar-refractivity contribution in [1.29, 1.82) is 0 Å². The van der Waals surface area contributed by atoms with Gasteiger partial charge in [-0.25, -0.2) is 0 Å². The van der Waals surface area contributed by atoms with E-state index in [-0.39, 0.29) is 29.9 Å². The van der Waals surface area contributed by atoms with Crippen molar-refractivity contribution in [3.05, 3.63) is 0 Å². The molecule has 0 aromatic carbocycles. The Kier molecular flexibility index (Phi) is 45.5. The van der Waals surface area contributed by atoms with Crippen molar-refractivity contribution in [2.45, 2.75) is 219 Å². The molecule has 0 aromatic rings. The van der Waals surface area contributed by atoms with Crippen LogP contribution >= 0.6 is 0 Å². The van der Waals surface area contributed by atoms with Crippen LogP contribution in [0.15, 0.2) is 0 Å². The summed E-state index contributed by atoms with van der Waals surface area (Å²) in [5.41, 5.74) is 0. The molecule has 0 bridgehead atoms. The van der Waals surface area contributed by atoms with Gasteiger partial charge in [-0.1, -0.05) is 194 Å². The van der Waals surface area contributed by atoms with Crippen LogP contribution in [-0.2, 0) is 26.7 Å². The normalized spacial score (nSPS) is 10.6. The molecule has 0 N–H and O–H groups in total. The first kappa shape index (κ1) is 44.9. The van der Waals surface area contributed by atoms with E-state index in [1.807, 2.05) is 0 Å². The van der Waals surface area contributed by atoms with E-state index < -0.39 is 11.9 Å². The molecule has 251 valence electrons. The molecule has 0 amide bonds. The van der Waals surface area contributed by atoms with Crippen LogP contribution in [0.3, 0.4) is 0 Å². The zero-order chi connectivity index (χ0) is 29.8. The first-order valence-electron chi connectivity index (χ1n) is 17.9. The molecule has 1 radical (unpaired) electrons. The Labute approximate surface area is 267 Å². The van der Waals surface area contributed by atoms with Crippen molar-refractivity contribution in [3.8, 4) is 0 Å². The van der Waals surface area contributed by atoms with E-state index in [9.17, 15) is 19.8 Å². The average Bonchev–Trinajstić information content (AvgIpc) is 2.93. The van der Waals surface area contributed by atoms with Crippen molar-refractivity contribution in [1.82, 2.24) is 0 Å². The molecule has 0 saturated carbocycles. The molecule has 0 atom stereocenters. The van der Waals surface area contributed by atoms with Gasteiger partial charge in [-0.2, -0.15) is 0 Å². The fraction of sp³-hybridized carbons (Fsp3) is 0.944. The maximum Gasteiger partial charge on any atom is 0.0414 e. The molecule has 0 fully saturated rings. The van der Waals surface area contributed by atoms with Crippen molar-refractivity contribution >= 4 is 11.9 Å². The Hall–Kier alpha value is -0.541. The predicted molar refractivity (Wildman–Crippen MR) is 169 cm³/mol. The molecule has 0 aromatic heterocycles. The number of hydrogen-bond donors (Lipinski definition) is 0. The number of carbonyl (C=O) groups excluding carboxylic acids is 2. The predicted octanol–water partition coefficient (Wildman–Crippen LogP) is 9.99. The second-order valence-corrected chi connectivity index (χ2v) is 12.1. The summed E-state index contributed by atoms with van der Waals surface area (Å²) in [5.74, 6) is -1.81. The zero-order valence-corrected chi connectivity index (χ0v) is 28.5. The molecule has 4 nitrogen and oxygen atoms in total. The van der Waals surface area contributed by atoms with Gasteiger partial charge in [-0.05, 0) is 25.7 Å². The molecule has 0 saturated heterocycles. The van der Waals surface area contributed by atoms with Crippen molar-refractivity contribution in [2.24, 2.45) is 0 Å². The summed E-state index contributed by atoms with van der Waals surface area (Å²) in [6.07, 6.45) is 39.7.